The van der Waals surface area contributed by atoms with E-state index in [0.717, 1.165) is 41.0 Å². The second kappa shape index (κ2) is 6.98. The maximum atomic E-state index is 11.7. The highest BCUT2D eigenvalue weighted by atomic mass is 16.1. The summed E-state index contributed by atoms with van der Waals surface area (Å²) in [5, 5.41) is 11.8. The normalized spacial score (nSPS) is 19.8. The van der Waals surface area contributed by atoms with E-state index in [9.17, 15) is 4.79 Å². The Morgan fingerprint density at radius 2 is 2.15 bits per heavy atom. The number of nitrogens with zero attached hydrogens (tertiary/aromatic N) is 5. The predicted octanol–water partition coefficient (Wildman–Crippen LogP) is 3.02. The number of amides is 1. The number of aromatic nitrogens is 5. The van der Waals surface area contributed by atoms with Gasteiger partial charge >= 0.3 is 0 Å². The zero-order chi connectivity index (χ0) is 19.0. The Balaban J connectivity index is 1.70. The Kier molecular flexibility index (Phi) is 4.51. The van der Waals surface area contributed by atoms with E-state index in [1.807, 2.05) is 36.6 Å². The van der Waals surface area contributed by atoms with Crippen LogP contribution in [0.1, 0.15) is 55.2 Å². The number of carbonyl (C=O) groups excluding carboxylic acids is 1. The van der Waals surface area contributed by atoms with Crippen LogP contribution in [0, 0.1) is 0 Å². The fourth-order valence-corrected chi connectivity index (χ4v) is 3.84. The Morgan fingerprint density at radius 1 is 1.30 bits per heavy atom. The van der Waals surface area contributed by atoms with E-state index in [1.165, 1.54) is 0 Å². The van der Waals surface area contributed by atoms with Crippen molar-refractivity contribution in [3.63, 3.8) is 0 Å². The molecule has 0 spiro atoms. The smallest absolute Gasteiger partial charge is 0.210 e. The van der Waals surface area contributed by atoms with Crippen molar-refractivity contribution in [1.82, 2.24) is 29.9 Å². The van der Waals surface area contributed by atoms with Crippen molar-refractivity contribution in [2.24, 2.45) is 7.05 Å². The number of H-pyrrole nitrogens is 1. The van der Waals surface area contributed by atoms with E-state index >= 15 is 0 Å². The van der Waals surface area contributed by atoms with E-state index in [-0.39, 0.29) is 12.0 Å². The van der Waals surface area contributed by atoms with Crippen molar-refractivity contribution in [2.45, 2.75) is 38.1 Å². The monoisotopic (exact) mass is 364 g/mol. The lowest BCUT2D eigenvalue weighted by atomic mass is 9.92. The summed E-state index contributed by atoms with van der Waals surface area (Å²) in [5.41, 5.74) is 5.13. The summed E-state index contributed by atoms with van der Waals surface area (Å²) < 4.78 is 1.79. The largest absolute Gasteiger partial charge is 0.336 e. The van der Waals surface area contributed by atoms with Crippen LogP contribution < -0.4 is 0 Å². The Labute approximate surface area is 158 Å². The minimum Gasteiger partial charge on any atom is -0.336 e. The molecule has 3 aromatic heterocycles. The number of rotatable bonds is 5. The highest BCUT2D eigenvalue weighted by molar-refractivity contribution is 5.62. The number of hydrogen-bond acceptors (Lipinski definition) is 4. The molecule has 2 unspecified atom stereocenters. The van der Waals surface area contributed by atoms with Gasteiger partial charge in [0.15, 0.2) is 0 Å². The zero-order valence-electron chi connectivity index (χ0n) is 15.8. The number of aryl methyl sites for hydroxylation is 1. The fraction of sp³-hybridized carbons (Fsp3) is 0.400. The summed E-state index contributed by atoms with van der Waals surface area (Å²) in [6.07, 6.45) is 7.50. The van der Waals surface area contributed by atoms with Crippen molar-refractivity contribution >= 4 is 6.41 Å². The first kappa shape index (κ1) is 17.5. The molecule has 0 aromatic carbocycles. The van der Waals surface area contributed by atoms with Gasteiger partial charge in [-0.2, -0.15) is 10.2 Å². The van der Waals surface area contributed by atoms with Crippen LogP contribution in [-0.2, 0) is 11.8 Å². The second-order valence-electron chi connectivity index (χ2n) is 7.46. The predicted molar refractivity (Wildman–Crippen MR) is 102 cm³/mol. The van der Waals surface area contributed by atoms with Gasteiger partial charge in [0.25, 0.3) is 0 Å². The third-order valence-corrected chi connectivity index (χ3v) is 5.30. The molecule has 7 nitrogen and oxygen atoms in total. The van der Waals surface area contributed by atoms with Gasteiger partial charge in [0.2, 0.25) is 6.41 Å². The molecule has 1 fully saturated rings. The minimum atomic E-state index is -0.0702. The average Bonchev–Trinajstić information content (AvgIpc) is 3.40. The molecule has 2 atom stereocenters. The van der Waals surface area contributed by atoms with Crippen LogP contribution >= 0.6 is 0 Å². The molecule has 140 valence electrons. The van der Waals surface area contributed by atoms with Crippen molar-refractivity contribution in [1.29, 1.82) is 0 Å². The van der Waals surface area contributed by atoms with Crippen LogP contribution in [0.15, 0.2) is 36.8 Å². The van der Waals surface area contributed by atoms with Crippen molar-refractivity contribution in [3.8, 4) is 11.1 Å². The molecule has 3 aromatic rings. The van der Waals surface area contributed by atoms with Gasteiger partial charge < -0.3 is 4.90 Å². The highest BCUT2D eigenvalue weighted by Crippen LogP contribution is 2.42. The molecule has 1 amide bonds. The lowest BCUT2D eigenvalue weighted by Gasteiger charge is -2.24. The van der Waals surface area contributed by atoms with E-state index in [0.29, 0.717) is 12.5 Å². The molecular formula is C20H24N6O. The third kappa shape index (κ3) is 3.25. The zero-order valence-corrected chi connectivity index (χ0v) is 15.8. The molecule has 0 bridgehead atoms. The maximum Gasteiger partial charge on any atom is 0.210 e. The first-order chi connectivity index (χ1) is 13.1. The summed E-state index contributed by atoms with van der Waals surface area (Å²) in [5.74, 6) is 0.471. The number of carbonyl (C=O) groups is 1. The molecule has 1 aliphatic rings. The highest BCUT2D eigenvalue weighted by Gasteiger charge is 2.37. The quantitative estimate of drug-likeness (QED) is 0.706. The molecule has 0 radical (unpaired) electrons. The van der Waals surface area contributed by atoms with Crippen LogP contribution in [0.5, 0.6) is 0 Å². The van der Waals surface area contributed by atoms with Crippen LogP contribution in [0.4, 0.5) is 0 Å². The number of aromatic amines is 1. The van der Waals surface area contributed by atoms with Crippen LogP contribution in [-0.4, -0.2) is 42.8 Å². The molecular weight excluding hydrogens is 340 g/mol. The summed E-state index contributed by atoms with van der Waals surface area (Å²) in [6, 6.07) is 6.12. The number of pyridine rings is 1. The van der Waals surface area contributed by atoms with E-state index in [4.69, 9.17) is 0 Å². The molecule has 27 heavy (non-hydrogen) atoms. The molecule has 0 saturated carbocycles. The maximum absolute atomic E-state index is 11.7. The van der Waals surface area contributed by atoms with Crippen molar-refractivity contribution in [3.05, 3.63) is 53.9 Å². The number of likely N-dealkylation sites (tertiary alicyclic amines) is 1. The Bertz CT molecular complexity index is 943. The molecule has 4 heterocycles. The summed E-state index contributed by atoms with van der Waals surface area (Å²) in [4.78, 5) is 18.1. The van der Waals surface area contributed by atoms with Gasteiger partial charge in [-0.3, -0.25) is 19.6 Å². The summed E-state index contributed by atoms with van der Waals surface area (Å²) >= 11 is 0. The molecule has 7 heteroatoms. The van der Waals surface area contributed by atoms with Crippen LogP contribution in [0.2, 0.25) is 0 Å². The SMILES string of the molecule is CC(C)c1cc(C2C(c3cc(-c4cnn(C)c4)ccn3)CCN2C=O)[nH]n1. The lowest BCUT2D eigenvalue weighted by Crippen LogP contribution is -2.24. The summed E-state index contributed by atoms with van der Waals surface area (Å²) in [7, 11) is 1.91. The van der Waals surface area contributed by atoms with E-state index in [2.05, 4.69) is 46.3 Å². The average molecular weight is 364 g/mol. The topological polar surface area (TPSA) is 79.7 Å². The molecule has 1 N–H and O–H groups in total. The van der Waals surface area contributed by atoms with Crippen molar-refractivity contribution < 1.29 is 4.79 Å². The van der Waals surface area contributed by atoms with Gasteiger partial charge in [-0.15, -0.1) is 0 Å². The van der Waals surface area contributed by atoms with Crippen LogP contribution in [0.25, 0.3) is 11.1 Å². The fourth-order valence-electron chi connectivity index (χ4n) is 3.84. The van der Waals surface area contributed by atoms with Crippen molar-refractivity contribution in [2.75, 3.05) is 6.54 Å². The van der Waals surface area contributed by atoms with Gasteiger partial charge in [-0.1, -0.05) is 13.8 Å². The van der Waals surface area contributed by atoms with Gasteiger partial charge in [0.1, 0.15) is 0 Å². The minimum absolute atomic E-state index is 0.0702. The number of nitrogens with one attached hydrogen (secondary N) is 1. The standard InChI is InChI=1S/C20H24N6O/c1-13(2)17-9-19(24-23-17)20-16(5-7-26(20)12-27)18-8-14(4-6-21-18)15-10-22-25(3)11-15/h4,6,8-13,16,20H,5,7H2,1-3H3,(H,23,24). The van der Waals surface area contributed by atoms with E-state index < -0.39 is 0 Å². The molecule has 1 saturated heterocycles. The van der Waals surface area contributed by atoms with Gasteiger partial charge in [0.05, 0.1) is 23.6 Å². The van der Waals surface area contributed by atoms with Gasteiger partial charge in [-0.05, 0) is 36.1 Å². The number of hydrogen-bond donors (Lipinski definition) is 1. The Morgan fingerprint density at radius 3 is 2.81 bits per heavy atom. The molecule has 4 rings (SSSR count). The summed E-state index contributed by atoms with van der Waals surface area (Å²) in [6.45, 7) is 4.94. The van der Waals surface area contributed by atoms with E-state index in [1.54, 1.807) is 4.68 Å². The molecule has 0 aliphatic carbocycles. The first-order valence-corrected chi connectivity index (χ1v) is 9.28. The Hall–Kier alpha value is -2.96. The second-order valence-corrected chi connectivity index (χ2v) is 7.46. The first-order valence-electron chi connectivity index (χ1n) is 9.28. The third-order valence-electron chi connectivity index (χ3n) is 5.30. The van der Waals surface area contributed by atoms with Crippen LogP contribution in [0.3, 0.4) is 0 Å². The lowest BCUT2D eigenvalue weighted by molar-refractivity contribution is -0.119. The van der Waals surface area contributed by atoms with Gasteiger partial charge in [0, 0.05) is 43.2 Å². The molecule has 1 aliphatic heterocycles. The van der Waals surface area contributed by atoms with Gasteiger partial charge in [-0.25, -0.2) is 0 Å².